The summed E-state index contributed by atoms with van der Waals surface area (Å²) in [5.41, 5.74) is 1.29. The fourth-order valence-corrected chi connectivity index (χ4v) is 0.470. The summed E-state index contributed by atoms with van der Waals surface area (Å²) in [7, 11) is 0. The first kappa shape index (κ1) is 12.5. The van der Waals surface area contributed by atoms with E-state index in [1.165, 1.54) is 5.56 Å². The van der Waals surface area contributed by atoms with Crippen molar-refractivity contribution in [3.05, 3.63) is 35.9 Å². The minimum absolute atomic E-state index is 0. The van der Waals surface area contributed by atoms with E-state index in [-0.39, 0.29) is 18.9 Å². The van der Waals surface area contributed by atoms with Gasteiger partial charge in [-0.3, -0.25) is 0 Å². The van der Waals surface area contributed by atoms with E-state index in [2.05, 4.69) is 13.0 Å². The van der Waals surface area contributed by atoms with Gasteiger partial charge < -0.3 is 0 Å². The molecular formula is C9H13Li. The molecule has 0 amide bonds. The van der Waals surface area contributed by atoms with Gasteiger partial charge in [-0.25, -0.2) is 0 Å². The first-order chi connectivity index (χ1) is 4.39. The molecule has 10 heavy (non-hydrogen) atoms. The minimum Gasteiger partial charge on any atom is -0.184 e. The molecule has 0 spiro atoms. The number of rotatable bonds is 0. The zero-order valence-corrected chi connectivity index (χ0v) is 7.31. The summed E-state index contributed by atoms with van der Waals surface area (Å²) in [6, 6.07) is 10.8. The standard InChI is InChI=1S/C7H7.C2H6.Li/c1-7-5-3-2-4-6-7;1-2;/h3-6H,1H3;1-2H3;/q-1;;+1. The largest absolute Gasteiger partial charge is 1.00 e. The molecule has 1 heteroatoms. The molecule has 0 aliphatic heterocycles. The van der Waals surface area contributed by atoms with Crippen molar-refractivity contribution in [1.82, 2.24) is 0 Å². The molecule has 1 aromatic carbocycles. The smallest absolute Gasteiger partial charge is 0.184 e. The molecule has 0 atom stereocenters. The molecule has 50 valence electrons. The van der Waals surface area contributed by atoms with Crippen LogP contribution in [0, 0.1) is 13.0 Å². The quantitative estimate of drug-likeness (QED) is 0.336. The fourth-order valence-electron chi connectivity index (χ4n) is 0.470. The van der Waals surface area contributed by atoms with Crippen molar-refractivity contribution < 1.29 is 18.9 Å². The summed E-state index contributed by atoms with van der Waals surface area (Å²) in [5, 5.41) is 0. The van der Waals surface area contributed by atoms with Gasteiger partial charge >= 0.3 is 18.9 Å². The molecule has 0 unspecified atom stereocenters. The van der Waals surface area contributed by atoms with Gasteiger partial charge in [-0.15, -0.1) is 0 Å². The van der Waals surface area contributed by atoms with E-state index >= 15 is 0 Å². The normalized spacial score (nSPS) is 6.70. The Balaban J connectivity index is 0. The predicted octanol–water partition coefficient (Wildman–Crippen LogP) is -0.175. The van der Waals surface area contributed by atoms with Crippen molar-refractivity contribution in [2.45, 2.75) is 20.8 Å². The van der Waals surface area contributed by atoms with Crippen LogP contribution in [0.25, 0.3) is 0 Å². The molecule has 0 heterocycles. The maximum Gasteiger partial charge on any atom is 1.00 e. The molecule has 0 aromatic heterocycles. The minimum atomic E-state index is 0. The fraction of sp³-hybridized carbons (Fsp3) is 0.333. The van der Waals surface area contributed by atoms with E-state index < -0.39 is 0 Å². The molecule has 0 N–H and O–H groups in total. The third-order valence-electron chi connectivity index (χ3n) is 0.885. The summed E-state index contributed by atoms with van der Waals surface area (Å²) >= 11 is 0. The first-order valence-electron chi connectivity index (χ1n) is 3.32. The maximum absolute atomic E-state index is 2.93. The SMILES string of the molecule is CC.Cc1cc[c-]cc1.[Li+]. The van der Waals surface area contributed by atoms with Gasteiger partial charge in [-0.2, -0.15) is 35.9 Å². The Morgan fingerprint density at radius 3 is 1.70 bits per heavy atom. The van der Waals surface area contributed by atoms with Gasteiger partial charge in [-0.1, -0.05) is 20.8 Å². The van der Waals surface area contributed by atoms with Gasteiger partial charge in [0.15, 0.2) is 0 Å². The molecule has 0 bridgehead atoms. The van der Waals surface area contributed by atoms with E-state index in [0.29, 0.717) is 0 Å². The zero-order valence-electron chi connectivity index (χ0n) is 7.31. The summed E-state index contributed by atoms with van der Waals surface area (Å²) in [4.78, 5) is 0. The van der Waals surface area contributed by atoms with Crippen LogP contribution in [0.5, 0.6) is 0 Å². The maximum atomic E-state index is 2.93. The first-order valence-corrected chi connectivity index (χ1v) is 3.32. The third kappa shape index (κ3) is 5.95. The number of aryl methyl sites for hydroxylation is 1. The molecule has 1 rings (SSSR count). The number of hydrogen-bond donors (Lipinski definition) is 0. The molecule has 0 aliphatic carbocycles. The topological polar surface area (TPSA) is 0 Å². The average molecular weight is 128 g/mol. The Hall–Kier alpha value is -0.183. The molecule has 0 aliphatic rings. The molecule has 0 nitrogen and oxygen atoms in total. The average Bonchev–Trinajstić information content (AvgIpc) is 1.94. The van der Waals surface area contributed by atoms with Gasteiger partial charge in [0.1, 0.15) is 0 Å². The van der Waals surface area contributed by atoms with E-state index in [1.54, 1.807) is 0 Å². The van der Waals surface area contributed by atoms with Crippen molar-refractivity contribution in [3.63, 3.8) is 0 Å². The van der Waals surface area contributed by atoms with Crippen LogP contribution in [0.1, 0.15) is 19.4 Å². The van der Waals surface area contributed by atoms with Crippen LogP contribution < -0.4 is 18.9 Å². The molecule has 0 radical (unpaired) electrons. The van der Waals surface area contributed by atoms with Crippen LogP contribution in [-0.2, 0) is 0 Å². The van der Waals surface area contributed by atoms with Gasteiger partial charge in [0.05, 0.1) is 0 Å². The second-order valence-corrected chi connectivity index (χ2v) is 1.58. The van der Waals surface area contributed by atoms with Gasteiger partial charge in [0.2, 0.25) is 0 Å². The van der Waals surface area contributed by atoms with Crippen molar-refractivity contribution in [2.75, 3.05) is 0 Å². The van der Waals surface area contributed by atoms with Gasteiger partial charge in [0.25, 0.3) is 0 Å². The second kappa shape index (κ2) is 8.82. The van der Waals surface area contributed by atoms with Crippen molar-refractivity contribution in [1.29, 1.82) is 0 Å². The molecule has 0 saturated heterocycles. The molecular weight excluding hydrogens is 115 g/mol. The predicted molar refractivity (Wildman–Crippen MR) is 41.4 cm³/mol. The van der Waals surface area contributed by atoms with Crippen LogP contribution in [0.2, 0.25) is 0 Å². The van der Waals surface area contributed by atoms with E-state index in [9.17, 15) is 0 Å². The Morgan fingerprint density at radius 1 is 1.10 bits per heavy atom. The molecule has 1 aromatic rings. The third-order valence-corrected chi connectivity index (χ3v) is 0.885. The summed E-state index contributed by atoms with van der Waals surface area (Å²) < 4.78 is 0. The summed E-state index contributed by atoms with van der Waals surface area (Å²) in [5.74, 6) is 0. The van der Waals surface area contributed by atoms with E-state index in [0.717, 1.165) is 0 Å². The summed E-state index contributed by atoms with van der Waals surface area (Å²) in [6.07, 6.45) is 0. The van der Waals surface area contributed by atoms with Crippen LogP contribution in [0.15, 0.2) is 24.3 Å². The Kier molecular flexibility index (Phi) is 11.0. The van der Waals surface area contributed by atoms with Gasteiger partial charge in [0, 0.05) is 0 Å². The van der Waals surface area contributed by atoms with Crippen LogP contribution >= 0.6 is 0 Å². The monoisotopic (exact) mass is 128 g/mol. The van der Waals surface area contributed by atoms with E-state index in [1.807, 2.05) is 38.1 Å². The van der Waals surface area contributed by atoms with E-state index in [4.69, 9.17) is 0 Å². The Labute approximate surface area is 75.8 Å². The van der Waals surface area contributed by atoms with Crippen molar-refractivity contribution >= 4 is 0 Å². The Bertz CT molecular complexity index is 135. The summed E-state index contributed by atoms with van der Waals surface area (Å²) in [6.45, 7) is 6.06. The van der Waals surface area contributed by atoms with Crippen LogP contribution in [-0.4, -0.2) is 0 Å². The van der Waals surface area contributed by atoms with Crippen molar-refractivity contribution in [2.24, 2.45) is 0 Å². The van der Waals surface area contributed by atoms with Gasteiger partial charge in [-0.05, 0) is 0 Å². The van der Waals surface area contributed by atoms with Crippen LogP contribution in [0.3, 0.4) is 0 Å². The molecule has 0 fully saturated rings. The zero-order chi connectivity index (χ0) is 7.11. The number of hydrogen-bond acceptors (Lipinski definition) is 0. The molecule has 0 saturated carbocycles. The van der Waals surface area contributed by atoms with Crippen molar-refractivity contribution in [3.8, 4) is 0 Å². The number of benzene rings is 1. The van der Waals surface area contributed by atoms with Crippen LogP contribution in [0.4, 0.5) is 0 Å². The Morgan fingerprint density at radius 2 is 1.50 bits per heavy atom. The second-order valence-electron chi connectivity index (χ2n) is 1.58.